The number of nitrogens with one attached hydrogen (secondary N) is 1. The van der Waals surface area contributed by atoms with Crippen molar-refractivity contribution in [1.29, 1.82) is 0 Å². The fraction of sp³-hybridized carbons (Fsp3) is 0.594. The minimum Gasteiger partial charge on any atom is -0.593 e. The van der Waals surface area contributed by atoms with Crippen molar-refractivity contribution in [1.82, 2.24) is 4.72 Å². The molecule has 0 aromatic heterocycles. The van der Waals surface area contributed by atoms with Crippen molar-refractivity contribution in [2.24, 2.45) is 17.8 Å². The highest BCUT2D eigenvalue weighted by Crippen LogP contribution is 2.47. The van der Waals surface area contributed by atoms with Crippen molar-refractivity contribution in [2.45, 2.75) is 82.0 Å². The molecule has 6 rings (SSSR count). The van der Waals surface area contributed by atoms with Gasteiger partial charge in [0.15, 0.2) is 0 Å². The van der Waals surface area contributed by atoms with E-state index in [1.165, 1.54) is 11.1 Å². The van der Waals surface area contributed by atoms with Gasteiger partial charge in [0.05, 0.1) is 29.8 Å². The molecule has 1 amide bonds. The lowest BCUT2D eigenvalue weighted by Crippen LogP contribution is -2.49. The number of carbonyl (C=O) groups is 1. The fourth-order valence-electron chi connectivity index (χ4n) is 7.42. The minimum atomic E-state index is -1.50. The van der Waals surface area contributed by atoms with E-state index in [-0.39, 0.29) is 34.5 Å². The summed E-state index contributed by atoms with van der Waals surface area (Å²) >= 11 is 4.90. The van der Waals surface area contributed by atoms with Gasteiger partial charge in [-0.2, -0.15) is 4.72 Å². The van der Waals surface area contributed by atoms with E-state index in [0.717, 1.165) is 80.9 Å². The Morgan fingerprint density at radius 3 is 2.77 bits per heavy atom. The molecular weight excluding hydrogens is 544 g/mol. The molecular formula is C32H41ClN2O4S. The number of ether oxygens (including phenoxy) is 1. The third-order valence-electron chi connectivity index (χ3n) is 10.2. The zero-order chi connectivity index (χ0) is 28.0. The van der Waals surface area contributed by atoms with Crippen molar-refractivity contribution >= 4 is 34.6 Å². The molecule has 2 aliphatic carbocycles. The number of fused-ring (bicyclic) bond motifs is 4. The summed E-state index contributed by atoms with van der Waals surface area (Å²) in [5.74, 6) is 1.30. The van der Waals surface area contributed by atoms with Gasteiger partial charge in [0.2, 0.25) is 0 Å². The Morgan fingerprint density at radius 1 is 1.12 bits per heavy atom. The summed E-state index contributed by atoms with van der Waals surface area (Å²) in [5, 5.41) is 11.8. The number of hydrogen-bond donors (Lipinski definition) is 2. The molecule has 2 aromatic carbocycles. The van der Waals surface area contributed by atoms with Crippen LogP contribution in [0.1, 0.15) is 80.3 Å². The van der Waals surface area contributed by atoms with Crippen LogP contribution in [-0.2, 0) is 23.2 Å². The van der Waals surface area contributed by atoms with Gasteiger partial charge in [0, 0.05) is 35.0 Å². The second-order valence-electron chi connectivity index (χ2n) is 12.7. The standard InChI is InChI=1S/C32H41ClN2O4S/c1-20-5-3-7-29(36)26-11-8-24(26)17-35-18-32(14-4-6-22-15-25(33)10-12-27(22)32)19-39-30-13-9-23(16-28(30)35)31(37)34-40(38)21(20)2/h9-10,12-13,15-16,20-21,24,26,29,36H,3-8,11,14,17-19H2,1-2H3,(H,34,37)/t20-,21?,24?,26?,29?,32?,40?/m1/s1. The van der Waals surface area contributed by atoms with Crippen LogP contribution in [0.15, 0.2) is 36.4 Å². The zero-order valence-corrected chi connectivity index (χ0v) is 25.1. The van der Waals surface area contributed by atoms with E-state index < -0.39 is 11.4 Å². The number of aliphatic hydroxyl groups excluding tert-OH is 1. The van der Waals surface area contributed by atoms with Crippen LogP contribution in [0.25, 0.3) is 0 Å². The molecule has 2 aliphatic heterocycles. The second-order valence-corrected chi connectivity index (χ2v) is 14.7. The first-order chi connectivity index (χ1) is 19.2. The van der Waals surface area contributed by atoms with Crippen LogP contribution in [-0.4, -0.2) is 46.6 Å². The molecule has 1 saturated carbocycles. The summed E-state index contributed by atoms with van der Waals surface area (Å²) in [7, 11) is 0. The van der Waals surface area contributed by atoms with Crippen LogP contribution >= 0.6 is 11.6 Å². The minimum absolute atomic E-state index is 0.175. The number of benzene rings is 2. The lowest BCUT2D eigenvalue weighted by Gasteiger charge is -2.46. The van der Waals surface area contributed by atoms with Gasteiger partial charge >= 0.3 is 0 Å². The number of rotatable bonds is 0. The Labute approximate surface area is 246 Å². The van der Waals surface area contributed by atoms with E-state index in [1.54, 1.807) is 6.07 Å². The van der Waals surface area contributed by atoms with Crippen LogP contribution in [0.4, 0.5) is 5.69 Å². The van der Waals surface area contributed by atoms with Gasteiger partial charge in [-0.1, -0.05) is 31.0 Å². The van der Waals surface area contributed by atoms with E-state index in [9.17, 15) is 14.5 Å². The number of aliphatic hydroxyl groups is 1. The number of aryl methyl sites for hydroxylation is 1. The normalized spacial score (nSPS) is 34.5. The van der Waals surface area contributed by atoms with E-state index >= 15 is 0 Å². The third kappa shape index (κ3) is 5.35. The van der Waals surface area contributed by atoms with Crippen LogP contribution in [0.3, 0.4) is 0 Å². The van der Waals surface area contributed by atoms with Gasteiger partial charge in [-0.15, -0.1) is 0 Å². The average molecular weight is 585 g/mol. The van der Waals surface area contributed by atoms with Crippen LogP contribution in [0.2, 0.25) is 5.02 Å². The Balaban J connectivity index is 1.39. The molecule has 2 aromatic rings. The smallest absolute Gasteiger partial charge is 0.292 e. The van der Waals surface area contributed by atoms with Crippen LogP contribution < -0.4 is 14.4 Å². The second kappa shape index (κ2) is 11.4. The van der Waals surface area contributed by atoms with Crippen molar-refractivity contribution in [3.63, 3.8) is 0 Å². The first kappa shape index (κ1) is 28.2. The number of nitrogens with zero attached hydrogens (tertiary/aromatic N) is 1. The van der Waals surface area contributed by atoms with E-state index in [1.807, 2.05) is 25.1 Å². The number of anilines is 1. The summed E-state index contributed by atoms with van der Waals surface area (Å²) in [4.78, 5) is 15.7. The van der Waals surface area contributed by atoms with Gasteiger partial charge in [-0.3, -0.25) is 4.79 Å². The van der Waals surface area contributed by atoms with Gasteiger partial charge in [0.25, 0.3) is 5.91 Å². The molecule has 1 spiro atoms. The molecule has 6 nitrogen and oxygen atoms in total. The van der Waals surface area contributed by atoms with Crippen LogP contribution in [0, 0.1) is 17.8 Å². The van der Waals surface area contributed by atoms with Gasteiger partial charge in [-0.05, 0) is 105 Å². The van der Waals surface area contributed by atoms with Gasteiger partial charge in [0.1, 0.15) is 11.0 Å². The molecule has 4 aliphatic rings. The molecule has 0 radical (unpaired) electrons. The summed E-state index contributed by atoms with van der Waals surface area (Å²) in [6, 6.07) is 11.9. The lowest BCUT2D eigenvalue weighted by molar-refractivity contribution is 0.00857. The summed E-state index contributed by atoms with van der Waals surface area (Å²) in [6.07, 6.45) is 7.47. The molecule has 216 valence electrons. The van der Waals surface area contributed by atoms with E-state index in [4.69, 9.17) is 16.3 Å². The maximum Gasteiger partial charge on any atom is 0.292 e. The summed E-state index contributed by atoms with van der Waals surface area (Å²) in [5.41, 5.74) is 3.82. The molecule has 6 unspecified atom stereocenters. The maximum atomic E-state index is 13.3. The summed E-state index contributed by atoms with van der Waals surface area (Å²) < 4.78 is 22.4. The highest BCUT2D eigenvalue weighted by atomic mass is 35.5. The largest absolute Gasteiger partial charge is 0.593 e. The first-order valence-electron chi connectivity index (χ1n) is 14.9. The molecule has 2 heterocycles. The number of amides is 1. The van der Waals surface area contributed by atoms with E-state index in [0.29, 0.717) is 18.1 Å². The van der Waals surface area contributed by atoms with E-state index in [2.05, 4.69) is 28.7 Å². The molecule has 8 heteroatoms. The van der Waals surface area contributed by atoms with Crippen molar-refractivity contribution in [3.8, 4) is 5.75 Å². The topological polar surface area (TPSA) is 84.9 Å². The SMILES string of the molecule is CC1[C@H](C)CCCC(O)C2CCC2CN2CC3(CCCc4cc(Cl)ccc43)COc3ccc(cc32)C(=O)N[S+]1[O-]. The first-order valence-corrected chi connectivity index (χ1v) is 16.5. The Hall–Kier alpha value is -1.93. The third-order valence-corrected chi connectivity index (χ3v) is 12.0. The predicted octanol–water partition coefficient (Wildman–Crippen LogP) is 5.80. The van der Waals surface area contributed by atoms with Crippen molar-refractivity contribution < 1.29 is 19.2 Å². The summed E-state index contributed by atoms with van der Waals surface area (Å²) in [6.45, 7) is 6.17. The molecule has 40 heavy (non-hydrogen) atoms. The highest BCUT2D eigenvalue weighted by Gasteiger charge is 2.44. The van der Waals surface area contributed by atoms with Crippen molar-refractivity contribution in [3.05, 3.63) is 58.1 Å². The zero-order valence-electron chi connectivity index (χ0n) is 23.5. The Kier molecular flexibility index (Phi) is 8.03. The van der Waals surface area contributed by atoms with Gasteiger partial charge in [-0.25, -0.2) is 0 Å². The number of halogens is 1. The fourth-order valence-corrected chi connectivity index (χ4v) is 8.66. The quantitative estimate of drug-likeness (QED) is 0.382. The lowest BCUT2D eigenvalue weighted by atomic mass is 9.68. The monoisotopic (exact) mass is 584 g/mol. The molecule has 0 saturated heterocycles. The van der Waals surface area contributed by atoms with Gasteiger partial charge < -0.3 is 19.3 Å². The number of carbonyl (C=O) groups excluding carboxylic acids is 1. The highest BCUT2D eigenvalue weighted by molar-refractivity contribution is 7.90. The Bertz CT molecular complexity index is 1260. The number of hydrogen-bond acceptors (Lipinski definition) is 5. The average Bonchev–Trinajstić information content (AvgIpc) is 3.07. The van der Waals surface area contributed by atoms with Crippen molar-refractivity contribution in [2.75, 3.05) is 24.6 Å². The molecule has 1 fully saturated rings. The predicted molar refractivity (Wildman–Crippen MR) is 161 cm³/mol. The molecule has 7 atom stereocenters. The maximum absolute atomic E-state index is 13.3. The molecule has 2 bridgehead atoms. The Morgan fingerprint density at radius 2 is 1.98 bits per heavy atom. The van der Waals surface area contributed by atoms with Crippen LogP contribution in [0.5, 0.6) is 5.75 Å². The molecule has 2 N–H and O–H groups in total.